The minimum Gasteiger partial charge on any atom is -0.492 e. The molecule has 1 amide bonds. The molecule has 3 atom stereocenters. The zero-order valence-corrected chi connectivity index (χ0v) is 15.8. The summed E-state index contributed by atoms with van der Waals surface area (Å²) in [5.74, 6) is 0.890. The molecule has 27 heavy (non-hydrogen) atoms. The minimum absolute atomic E-state index is 0.0223. The van der Waals surface area contributed by atoms with Gasteiger partial charge in [0.05, 0.1) is 6.04 Å². The predicted octanol–water partition coefficient (Wildman–Crippen LogP) is 0.810. The Hall–Kier alpha value is -1.96. The number of amides is 1. The fourth-order valence-corrected chi connectivity index (χ4v) is 4.31. The summed E-state index contributed by atoms with van der Waals surface area (Å²) in [5, 5.41) is 0. The van der Waals surface area contributed by atoms with Crippen LogP contribution in [0.15, 0.2) is 24.3 Å². The van der Waals surface area contributed by atoms with Gasteiger partial charge in [-0.2, -0.15) is 0 Å². The highest BCUT2D eigenvalue weighted by Gasteiger charge is 2.37. The first-order valence-electron chi connectivity index (χ1n) is 9.88. The molecule has 1 aromatic carbocycles. The van der Waals surface area contributed by atoms with Crippen LogP contribution in [-0.4, -0.2) is 72.4 Å². The maximum absolute atomic E-state index is 12.9. The maximum Gasteiger partial charge on any atom is 0.241 e. The third-order valence-corrected chi connectivity index (χ3v) is 5.87. The Morgan fingerprint density at radius 3 is 2.96 bits per heavy atom. The number of carbonyl (C=O) groups excluding carboxylic acids is 2. The third kappa shape index (κ3) is 4.15. The number of ketones is 1. The van der Waals surface area contributed by atoms with E-state index in [0.717, 1.165) is 19.6 Å². The Kier molecular flexibility index (Phi) is 5.43. The van der Waals surface area contributed by atoms with E-state index in [0.29, 0.717) is 30.4 Å². The van der Waals surface area contributed by atoms with E-state index >= 15 is 0 Å². The molecule has 1 aromatic rings. The Labute approximate surface area is 160 Å². The van der Waals surface area contributed by atoms with Crippen molar-refractivity contribution >= 4 is 11.7 Å². The number of ether oxygens (including phenoxy) is 1. The van der Waals surface area contributed by atoms with Gasteiger partial charge in [0.25, 0.3) is 0 Å². The summed E-state index contributed by atoms with van der Waals surface area (Å²) in [6.07, 6.45) is 3.16. The smallest absolute Gasteiger partial charge is 0.241 e. The summed E-state index contributed by atoms with van der Waals surface area (Å²) in [4.78, 5) is 28.9. The number of nitrogens with one attached hydrogen (secondary N) is 2. The molecule has 4 rings (SSSR count). The second-order valence-electron chi connectivity index (χ2n) is 7.79. The van der Waals surface area contributed by atoms with Gasteiger partial charge in [0, 0.05) is 31.2 Å². The average Bonchev–Trinajstić information content (AvgIpc) is 3.34. The van der Waals surface area contributed by atoms with Gasteiger partial charge in [0.1, 0.15) is 18.4 Å². The molecule has 0 saturated carbocycles. The van der Waals surface area contributed by atoms with Crippen LogP contribution in [0.4, 0.5) is 0 Å². The fourth-order valence-electron chi connectivity index (χ4n) is 4.31. The van der Waals surface area contributed by atoms with Gasteiger partial charge in [0.2, 0.25) is 5.91 Å². The van der Waals surface area contributed by atoms with Crippen LogP contribution in [-0.2, 0) is 4.79 Å². The van der Waals surface area contributed by atoms with Gasteiger partial charge < -0.3 is 9.64 Å². The van der Waals surface area contributed by atoms with Gasteiger partial charge in [-0.15, -0.1) is 0 Å². The van der Waals surface area contributed by atoms with Crippen LogP contribution in [0.5, 0.6) is 5.75 Å². The number of hydrogen-bond donors (Lipinski definition) is 2. The van der Waals surface area contributed by atoms with E-state index in [9.17, 15) is 9.59 Å². The first-order valence-corrected chi connectivity index (χ1v) is 9.88. The van der Waals surface area contributed by atoms with Crippen LogP contribution < -0.4 is 15.6 Å². The first-order chi connectivity index (χ1) is 13.1. The fraction of sp³-hybridized carbons (Fsp3) is 0.600. The van der Waals surface area contributed by atoms with Crippen LogP contribution in [0.3, 0.4) is 0 Å². The van der Waals surface area contributed by atoms with Gasteiger partial charge in [-0.1, -0.05) is 12.1 Å². The maximum atomic E-state index is 12.9. The van der Waals surface area contributed by atoms with Crippen molar-refractivity contribution in [3.63, 3.8) is 0 Å². The number of hydrogen-bond acceptors (Lipinski definition) is 6. The van der Waals surface area contributed by atoms with Crippen molar-refractivity contribution in [1.29, 1.82) is 0 Å². The Bertz CT molecular complexity index is 710. The van der Waals surface area contributed by atoms with E-state index in [1.54, 1.807) is 19.1 Å². The number of benzene rings is 1. The molecule has 3 aliphatic heterocycles. The SMILES string of the molecule is CC(=O)c1cccc(OCC2CC(C(=O)N3CCN4CCCC4C3)NN2)c1. The standard InChI is InChI=1S/C20H28N4O3/c1-14(25)15-4-2-6-18(10-15)27-13-16-11-19(22-21-16)20(26)24-9-8-23-7-3-5-17(23)12-24/h2,4,6,10,16-17,19,21-22H,3,5,7-9,11-13H2,1H3. The summed E-state index contributed by atoms with van der Waals surface area (Å²) in [6, 6.07) is 7.62. The predicted molar refractivity (Wildman–Crippen MR) is 102 cm³/mol. The monoisotopic (exact) mass is 372 g/mol. The van der Waals surface area contributed by atoms with Gasteiger partial charge in [-0.25, -0.2) is 5.43 Å². The number of fused-ring (bicyclic) bond motifs is 1. The van der Waals surface area contributed by atoms with E-state index < -0.39 is 0 Å². The Morgan fingerprint density at radius 1 is 1.22 bits per heavy atom. The lowest BCUT2D eigenvalue weighted by Crippen LogP contribution is -2.56. The Morgan fingerprint density at radius 2 is 2.11 bits per heavy atom. The molecule has 0 spiro atoms. The highest BCUT2D eigenvalue weighted by Crippen LogP contribution is 2.23. The lowest BCUT2D eigenvalue weighted by Gasteiger charge is -2.38. The summed E-state index contributed by atoms with van der Waals surface area (Å²) in [5.41, 5.74) is 6.96. The molecular formula is C20H28N4O3. The van der Waals surface area contributed by atoms with Crippen LogP contribution in [0.25, 0.3) is 0 Å². The summed E-state index contributed by atoms with van der Waals surface area (Å²) >= 11 is 0. The zero-order chi connectivity index (χ0) is 18.8. The van der Waals surface area contributed by atoms with Crippen molar-refractivity contribution < 1.29 is 14.3 Å². The van der Waals surface area contributed by atoms with E-state index in [-0.39, 0.29) is 23.8 Å². The first kappa shape index (κ1) is 18.4. The topological polar surface area (TPSA) is 73.9 Å². The molecule has 0 aromatic heterocycles. The van der Waals surface area contributed by atoms with Crippen molar-refractivity contribution in [3.8, 4) is 5.75 Å². The molecule has 0 bridgehead atoms. The van der Waals surface area contributed by atoms with Gasteiger partial charge in [-0.3, -0.25) is 19.9 Å². The lowest BCUT2D eigenvalue weighted by atomic mass is 10.1. The molecular weight excluding hydrogens is 344 g/mol. The van der Waals surface area contributed by atoms with Crippen molar-refractivity contribution in [2.75, 3.05) is 32.8 Å². The van der Waals surface area contributed by atoms with E-state index in [1.807, 2.05) is 17.0 Å². The summed E-state index contributed by atoms with van der Waals surface area (Å²) in [6.45, 7) is 5.86. The number of rotatable bonds is 5. The highest BCUT2D eigenvalue weighted by molar-refractivity contribution is 5.94. The molecule has 0 aliphatic carbocycles. The van der Waals surface area contributed by atoms with Crippen molar-refractivity contribution in [3.05, 3.63) is 29.8 Å². The Balaban J connectivity index is 1.26. The second-order valence-corrected chi connectivity index (χ2v) is 7.79. The quantitative estimate of drug-likeness (QED) is 0.745. The molecule has 7 heteroatoms. The third-order valence-electron chi connectivity index (χ3n) is 5.87. The lowest BCUT2D eigenvalue weighted by molar-refractivity contribution is -0.135. The van der Waals surface area contributed by atoms with Crippen LogP contribution in [0.2, 0.25) is 0 Å². The molecule has 3 unspecified atom stereocenters. The molecule has 3 aliphatic rings. The normalized spacial score (nSPS) is 28.2. The second kappa shape index (κ2) is 7.96. The largest absolute Gasteiger partial charge is 0.492 e. The highest BCUT2D eigenvalue weighted by atomic mass is 16.5. The molecule has 0 radical (unpaired) electrons. The van der Waals surface area contributed by atoms with Gasteiger partial charge >= 0.3 is 0 Å². The number of Topliss-reactive ketones (excluding diaryl/α,β-unsaturated/α-hetero) is 1. The van der Waals surface area contributed by atoms with E-state index in [2.05, 4.69) is 15.8 Å². The molecule has 146 valence electrons. The number of carbonyl (C=O) groups is 2. The van der Waals surface area contributed by atoms with Crippen LogP contribution in [0.1, 0.15) is 36.5 Å². The summed E-state index contributed by atoms with van der Waals surface area (Å²) in [7, 11) is 0. The number of piperazine rings is 1. The van der Waals surface area contributed by atoms with E-state index in [1.165, 1.54) is 19.4 Å². The molecule has 7 nitrogen and oxygen atoms in total. The van der Waals surface area contributed by atoms with Gasteiger partial charge in [0.15, 0.2) is 5.78 Å². The zero-order valence-electron chi connectivity index (χ0n) is 15.8. The van der Waals surface area contributed by atoms with Crippen LogP contribution >= 0.6 is 0 Å². The van der Waals surface area contributed by atoms with E-state index in [4.69, 9.17) is 4.74 Å². The molecule has 2 N–H and O–H groups in total. The molecule has 3 saturated heterocycles. The van der Waals surface area contributed by atoms with Crippen molar-refractivity contribution in [1.82, 2.24) is 20.7 Å². The number of nitrogens with zero attached hydrogens (tertiary/aromatic N) is 2. The van der Waals surface area contributed by atoms with Crippen LogP contribution in [0, 0.1) is 0 Å². The number of hydrazine groups is 1. The minimum atomic E-state index is -0.199. The van der Waals surface area contributed by atoms with Gasteiger partial charge in [-0.05, 0) is 44.9 Å². The average molecular weight is 372 g/mol. The molecule has 3 heterocycles. The summed E-state index contributed by atoms with van der Waals surface area (Å²) < 4.78 is 5.82. The van der Waals surface area contributed by atoms with Crippen molar-refractivity contribution in [2.24, 2.45) is 0 Å². The molecule has 3 fully saturated rings. The van der Waals surface area contributed by atoms with Crippen molar-refractivity contribution in [2.45, 2.75) is 44.3 Å².